The summed E-state index contributed by atoms with van der Waals surface area (Å²) >= 11 is 0. The Bertz CT molecular complexity index is 2770. The van der Waals surface area contributed by atoms with Crippen molar-refractivity contribution in [1.29, 1.82) is 0 Å². The SMILES string of the molecule is CC(C)c1cc(C2=CC(C)(C)Oc3cc(-c4ccc(C(=O)NCC#Cc5ccc6occ(C7CCC(=O)NC7=O)c6c5)nc4)ncc32)cc2c1n(C)c(=O)n2C. The van der Waals surface area contributed by atoms with Gasteiger partial charge in [-0.15, -0.1) is 0 Å². The lowest BCUT2D eigenvalue weighted by Gasteiger charge is -2.31. The van der Waals surface area contributed by atoms with Gasteiger partial charge in [-0.3, -0.25) is 38.8 Å². The van der Waals surface area contributed by atoms with Crippen molar-refractivity contribution in [2.24, 2.45) is 14.1 Å². The van der Waals surface area contributed by atoms with Crippen LogP contribution < -0.4 is 21.1 Å². The Morgan fingerprint density at radius 1 is 1.02 bits per heavy atom. The molecule has 4 aromatic heterocycles. The van der Waals surface area contributed by atoms with Crippen LogP contribution in [0.2, 0.25) is 0 Å². The maximum Gasteiger partial charge on any atom is 0.328 e. The van der Waals surface area contributed by atoms with Crippen LogP contribution in [0.1, 0.15) is 90.7 Å². The highest BCUT2D eigenvalue weighted by Gasteiger charge is 2.31. The lowest BCUT2D eigenvalue weighted by atomic mass is 9.88. The van der Waals surface area contributed by atoms with Gasteiger partial charge in [-0.05, 0) is 91.4 Å². The molecule has 0 aliphatic carbocycles. The van der Waals surface area contributed by atoms with Crippen LogP contribution in [0.3, 0.4) is 0 Å². The molecule has 3 amide bonds. The van der Waals surface area contributed by atoms with Crippen molar-refractivity contribution in [3.63, 3.8) is 0 Å². The molecule has 0 radical (unpaired) electrons. The van der Waals surface area contributed by atoms with Gasteiger partial charge >= 0.3 is 5.69 Å². The van der Waals surface area contributed by atoms with Crippen LogP contribution in [-0.2, 0) is 23.7 Å². The number of nitrogens with zero attached hydrogens (tertiary/aromatic N) is 4. The van der Waals surface area contributed by atoms with Gasteiger partial charge in [-0.2, -0.15) is 0 Å². The number of ether oxygens (including phenoxy) is 1. The molecule has 0 saturated carbocycles. The maximum absolute atomic E-state index is 13.0. The Morgan fingerprint density at radius 3 is 2.59 bits per heavy atom. The van der Waals surface area contributed by atoms with E-state index in [1.165, 1.54) is 0 Å². The zero-order valence-corrected chi connectivity index (χ0v) is 31.9. The minimum absolute atomic E-state index is 0.0674. The molecule has 2 aromatic carbocycles. The van der Waals surface area contributed by atoms with E-state index < -0.39 is 11.5 Å². The molecular weight excluding hydrogens is 709 g/mol. The number of hydrogen-bond acceptors (Lipinski definition) is 8. The molecule has 2 aliphatic rings. The van der Waals surface area contributed by atoms with Crippen molar-refractivity contribution < 1.29 is 23.5 Å². The predicted octanol–water partition coefficient (Wildman–Crippen LogP) is 6.11. The van der Waals surface area contributed by atoms with Crippen LogP contribution in [0.5, 0.6) is 5.75 Å². The average molecular weight is 749 g/mol. The van der Waals surface area contributed by atoms with E-state index in [1.54, 1.807) is 53.0 Å². The molecule has 1 unspecified atom stereocenters. The van der Waals surface area contributed by atoms with Crippen molar-refractivity contribution >= 4 is 45.3 Å². The summed E-state index contributed by atoms with van der Waals surface area (Å²) in [6, 6.07) is 15.0. The third-order valence-electron chi connectivity index (χ3n) is 10.4. The maximum atomic E-state index is 13.0. The molecule has 6 heterocycles. The Balaban J connectivity index is 0.976. The number of rotatable bonds is 6. The fourth-order valence-corrected chi connectivity index (χ4v) is 7.57. The Morgan fingerprint density at radius 2 is 1.84 bits per heavy atom. The number of hydrogen-bond donors (Lipinski definition) is 2. The minimum atomic E-state index is -0.621. The Labute approximate surface area is 322 Å². The molecule has 1 fully saturated rings. The van der Waals surface area contributed by atoms with Crippen molar-refractivity contribution in [3.8, 4) is 28.8 Å². The first-order valence-corrected chi connectivity index (χ1v) is 18.5. The third-order valence-corrected chi connectivity index (χ3v) is 10.4. The van der Waals surface area contributed by atoms with Crippen molar-refractivity contribution in [2.75, 3.05) is 6.54 Å². The van der Waals surface area contributed by atoms with E-state index in [9.17, 15) is 19.2 Å². The van der Waals surface area contributed by atoms with E-state index in [-0.39, 0.29) is 48.0 Å². The number of piperidine rings is 1. The van der Waals surface area contributed by atoms with Crippen molar-refractivity contribution in [3.05, 3.63) is 117 Å². The Kier molecular flexibility index (Phi) is 8.96. The highest BCUT2D eigenvalue weighted by molar-refractivity contribution is 6.03. The summed E-state index contributed by atoms with van der Waals surface area (Å²) in [5.74, 6) is 5.45. The molecular formula is C44H40N6O6. The van der Waals surface area contributed by atoms with Crippen molar-refractivity contribution in [1.82, 2.24) is 29.7 Å². The summed E-state index contributed by atoms with van der Waals surface area (Å²) in [6.45, 7) is 8.37. The standard InChI is InChI=1S/C44H40N6O6/c1-24(2)29-17-27(18-36-40(29)50(6)43(54)49(36)5)31-20-44(3,4)56-38-19-35(47-22-32(31)38)26-10-12-34(46-21-26)42(53)45-15-7-8-25-9-13-37-30(16-25)33(23-55-37)28-11-14-39(51)48-41(28)52/h9-10,12-13,16-24,28H,11,14-15H2,1-6H3,(H,45,53)(H,48,51,52). The van der Waals surface area contributed by atoms with Gasteiger partial charge in [0.05, 0.1) is 35.5 Å². The molecule has 1 saturated heterocycles. The second-order valence-electron chi connectivity index (χ2n) is 15.1. The van der Waals surface area contributed by atoms with Gasteiger partial charge in [0, 0.05) is 66.6 Å². The number of imidazole rings is 1. The second kappa shape index (κ2) is 13.8. The fraction of sp³-hybridized carbons (Fsp3) is 0.273. The highest BCUT2D eigenvalue weighted by Crippen LogP contribution is 2.42. The van der Waals surface area contributed by atoms with Crippen LogP contribution in [0.25, 0.3) is 38.8 Å². The lowest BCUT2D eigenvalue weighted by molar-refractivity contribution is -0.134. The molecule has 56 heavy (non-hydrogen) atoms. The van der Waals surface area contributed by atoms with Gasteiger partial charge in [0.1, 0.15) is 22.6 Å². The zero-order chi connectivity index (χ0) is 39.5. The Hall–Kier alpha value is -6.74. The molecule has 2 N–H and O–H groups in total. The third kappa shape index (κ3) is 6.55. The van der Waals surface area contributed by atoms with Crippen LogP contribution in [0.4, 0.5) is 0 Å². The van der Waals surface area contributed by atoms with E-state index >= 15 is 0 Å². The number of fused-ring (bicyclic) bond motifs is 3. The van der Waals surface area contributed by atoms with Crippen LogP contribution in [0, 0.1) is 11.8 Å². The van der Waals surface area contributed by atoms with Gasteiger partial charge in [0.2, 0.25) is 11.8 Å². The number of aryl methyl sites for hydroxylation is 2. The summed E-state index contributed by atoms with van der Waals surface area (Å²) in [4.78, 5) is 59.1. The normalized spacial score (nSPS) is 16.2. The fourth-order valence-electron chi connectivity index (χ4n) is 7.57. The summed E-state index contributed by atoms with van der Waals surface area (Å²) in [6.07, 6.45) is 7.76. The number of benzene rings is 2. The van der Waals surface area contributed by atoms with E-state index in [4.69, 9.17) is 14.1 Å². The van der Waals surface area contributed by atoms with Crippen LogP contribution in [0.15, 0.2) is 82.5 Å². The number of nitrogens with one attached hydrogen (secondary N) is 2. The summed E-state index contributed by atoms with van der Waals surface area (Å²) < 4.78 is 15.5. The number of carbonyl (C=O) groups is 3. The summed E-state index contributed by atoms with van der Waals surface area (Å²) in [5, 5.41) is 5.95. The zero-order valence-electron chi connectivity index (χ0n) is 31.9. The molecule has 0 spiro atoms. The van der Waals surface area contributed by atoms with Gasteiger partial charge in [-0.1, -0.05) is 25.7 Å². The van der Waals surface area contributed by atoms with Crippen LogP contribution >= 0.6 is 0 Å². The first-order valence-electron chi connectivity index (χ1n) is 18.5. The number of aromatic nitrogens is 4. The smallest absolute Gasteiger partial charge is 0.328 e. The highest BCUT2D eigenvalue weighted by atomic mass is 16.5. The van der Waals surface area contributed by atoms with E-state index in [2.05, 4.69) is 59.5 Å². The first kappa shape index (κ1) is 36.2. The molecule has 282 valence electrons. The topological polar surface area (TPSA) is 150 Å². The molecule has 12 heteroatoms. The molecule has 1 atom stereocenters. The summed E-state index contributed by atoms with van der Waals surface area (Å²) in [5.41, 5.74) is 8.63. The number of furan rings is 1. The first-order chi connectivity index (χ1) is 26.8. The largest absolute Gasteiger partial charge is 0.483 e. The van der Waals surface area contributed by atoms with E-state index in [0.717, 1.165) is 49.8 Å². The van der Waals surface area contributed by atoms with Gasteiger partial charge in [0.15, 0.2) is 0 Å². The molecule has 2 aliphatic heterocycles. The molecule has 6 aromatic rings. The lowest BCUT2D eigenvalue weighted by Crippen LogP contribution is -2.39. The molecule has 12 nitrogen and oxygen atoms in total. The quantitative estimate of drug-likeness (QED) is 0.153. The van der Waals surface area contributed by atoms with Crippen molar-refractivity contribution in [2.45, 2.75) is 58.0 Å². The monoisotopic (exact) mass is 748 g/mol. The molecule has 8 rings (SSSR count). The van der Waals surface area contributed by atoms with E-state index in [1.807, 2.05) is 39.1 Å². The number of imide groups is 1. The number of carbonyl (C=O) groups excluding carboxylic acids is 3. The predicted molar refractivity (Wildman–Crippen MR) is 212 cm³/mol. The molecule has 0 bridgehead atoms. The second-order valence-corrected chi connectivity index (χ2v) is 15.1. The average Bonchev–Trinajstić information content (AvgIpc) is 3.69. The van der Waals surface area contributed by atoms with Gasteiger partial charge < -0.3 is 14.5 Å². The minimum Gasteiger partial charge on any atom is -0.483 e. The van der Waals surface area contributed by atoms with Crippen LogP contribution in [-0.4, -0.2) is 49.0 Å². The summed E-state index contributed by atoms with van der Waals surface area (Å²) in [7, 11) is 3.61. The number of amides is 3. The van der Waals surface area contributed by atoms with Gasteiger partial charge in [0.25, 0.3) is 5.91 Å². The van der Waals surface area contributed by atoms with E-state index in [0.29, 0.717) is 29.0 Å². The number of pyridine rings is 2. The van der Waals surface area contributed by atoms with Gasteiger partial charge in [-0.25, -0.2) is 4.79 Å².